The fourth-order valence-electron chi connectivity index (χ4n) is 4.28. The Morgan fingerprint density at radius 3 is 2.21 bits per heavy atom. The molecule has 1 aromatic carbocycles. The monoisotopic (exact) mass is 426 g/mol. The molecule has 2 bridgehead atoms. The molecule has 3 aliphatic rings. The van der Waals surface area contributed by atoms with Gasteiger partial charge in [-0.1, -0.05) is 13.3 Å². The molecule has 0 aromatic heterocycles. The largest absolute Gasteiger partial charge is 0.491 e. The summed E-state index contributed by atoms with van der Waals surface area (Å²) in [4.78, 5) is 0. The van der Waals surface area contributed by atoms with Gasteiger partial charge >= 0.3 is 12.0 Å². The van der Waals surface area contributed by atoms with Crippen LogP contribution in [0.15, 0.2) is 12.1 Å². The fourth-order valence-corrected chi connectivity index (χ4v) is 4.28. The Bertz CT molecular complexity index is 744. The van der Waals surface area contributed by atoms with Crippen LogP contribution in [-0.2, 0) is 16.1 Å². The second-order valence-corrected chi connectivity index (χ2v) is 7.69. The van der Waals surface area contributed by atoms with Crippen molar-refractivity contribution in [3.63, 3.8) is 0 Å². The lowest BCUT2D eigenvalue weighted by molar-refractivity contribution is -0.395. The van der Waals surface area contributed by atoms with Crippen molar-refractivity contribution >= 4 is 0 Å². The zero-order chi connectivity index (χ0) is 21.5. The van der Waals surface area contributed by atoms with Gasteiger partial charge in [-0.15, -0.1) is 0 Å². The normalized spacial score (nSPS) is 30.2. The first-order valence-corrected chi connectivity index (χ1v) is 9.72. The molecule has 164 valence electrons. The maximum Gasteiger partial charge on any atom is 0.422 e. The topological polar surface area (TPSA) is 27.7 Å². The van der Waals surface area contributed by atoms with Crippen molar-refractivity contribution in [1.82, 2.24) is 0 Å². The number of hydrogen-bond donors (Lipinski definition) is 0. The van der Waals surface area contributed by atoms with E-state index in [1.165, 1.54) is 0 Å². The molecule has 1 saturated carbocycles. The van der Waals surface area contributed by atoms with Crippen molar-refractivity contribution in [1.29, 1.82) is 0 Å². The second kappa shape index (κ2) is 7.65. The standard InChI is InChI=1S/C20H24F6O3/c1-3-7-17-8-10-18(11-9-17,19(23,24)20(25,26)29-17)28-12-13-5-6-14(27-4-2)16(22)15(13)21/h5-6H,3-4,7-12H2,1-2H3. The maximum absolute atomic E-state index is 14.9. The summed E-state index contributed by atoms with van der Waals surface area (Å²) in [5, 5.41) is 0. The Morgan fingerprint density at radius 2 is 1.62 bits per heavy atom. The van der Waals surface area contributed by atoms with E-state index in [1.807, 2.05) is 0 Å². The summed E-state index contributed by atoms with van der Waals surface area (Å²) in [5.41, 5.74) is -4.21. The third kappa shape index (κ3) is 3.60. The average molecular weight is 426 g/mol. The Labute approximate surface area is 165 Å². The third-order valence-electron chi connectivity index (χ3n) is 5.89. The number of ether oxygens (including phenoxy) is 3. The minimum absolute atomic E-state index is 0.0217. The summed E-state index contributed by atoms with van der Waals surface area (Å²) in [7, 11) is 0. The number of halogens is 6. The van der Waals surface area contributed by atoms with Crippen molar-refractivity contribution in [3.8, 4) is 5.75 Å². The first-order chi connectivity index (χ1) is 13.5. The molecule has 2 saturated heterocycles. The molecule has 0 amide bonds. The molecule has 1 aliphatic carbocycles. The molecule has 4 rings (SSSR count). The Balaban J connectivity index is 1.88. The van der Waals surface area contributed by atoms with Gasteiger partial charge in [0.15, 0.2) is 11.6 Å². The van der Waals surface area contributed by atoms with Crippen LogP contribution in [0.3, 0.4) is 0 Å². The molecule has 0 N–H and O–H groups in total. The van der Waals surface area contributed by atoms with E-state index in [2.05, 4.69) is 4.74 Å². The van der Waals surface area contributed by atoms with Crippen LogP contribution in [0.4, 0.5) is 26.3 Å². The molecule has 0 atom stereocenters. The van der Waals surface area contributed by atoms with Gasteiger partial charge in [0.1, 0.15) is 5.60 Å². The Hall–Kier alpha value is -1.48. The van der Waals surface area contributed by atoms with E-state index in [4.69, 9.17) is 9.47 Å². The molecular weight excluding hydrogens is 402 g/mol. The van der Waals surface area contributed by atoms with Gasteiger partial charge in [0.2, 0.25) is 5.82 Å². The quantitative estimate of drug-likeness (QED) is 0.502. The number of benzene rings is 1. The van der Waals surface area contributed by atoms with Gasteiger partial charge in [-0.25, -0.2) is 4.39 Å². The van der Waals surface area contributed by atoms with Crippen LogP contribution in [0, 0.1) is 11.6 Å². The first kappa shape index (κ1) is 22.2. The van der Waals surface area contributed by atoms with E-state index in [-0.39, 0.29) is 50.0 Å². The number of hydrogen-bond acceptors (Lipinski definition) is 3. The van der Waals surface area contributed by atoms with Crippen molar-refractivity contribution in [2.75, 3.05) is 6.61 Å². The smallest absolute Gasteiger partial charge is 0.422 e. The highest BCUT2D eigenvalue weighted by molar-refractivity contribution is 5.31. The highest BCUT2D eigenvalue weighted by Crippen LogP contribution is 2.60. The number of alkyl halides is 4. The minimum atomic E-state index is -4.72. The van der Waals surface area contributed by atoms with Crippen LogP contribution in [0.5, 0.6) is 5.75 Å². The predicted octanol–water partition coefficient (Wildman–Crippen LogP) is 5.99. The zero-order valence-corrected chi connectivity index (χ0v) is 16.3. The lowest BCUT2D eigenvalue weighted by atomic mass is 9.73. The molecule has 0 spiro atoms. The Kier molecular flexibility index (Phi) is 5.86. The summed E-state index contributed by atoms with van der Waals surface area (Å²) in [6.45, 7) is 2.68. The van der Waals surface area contributed by atoms with Gasteiger partial charge in [0, 0.05) is 5.56 Å². The van der Waals surface area contributed by atoms with Crippen LogP contribution >= 0.6 is 0 Å². The lowest BCUT2D eigenvalue weighted by Gasteiger charge is -2.42. The summed E-state index contributed by atoms with van der Waals surface area (Å²) >= 11 is 0. The number of rotatable bonds is 7. The van der Waals surface area contributed by atoms with Gasteiger partial charge in [-0.2, -0.15) is 22.0 Å². The van der Waals surface area contributed by atoms with Gasteiger partial charge in [0.05, 0.1) is 18.8 Å². The maximum atomic E-state index is 14.9. The van der Waals surface area contributed by atoms with E-state index in [0.29, 0.717) is 6.42 Å². The van der Waals surface area contributed by atoms with Gasteiger partial charge in [-0.05, 0) is 51.2 Å². The van der Waals surface area contributed by atoms with Crippen LogP contribution in [0.2, 0.25) is 0 Å². The summed E-state index contributed by atoms with van der Waals surface area (Å²) in [6, 6.07) is 2.28. The van der Waals surface area contributed by atoms with Crippen molar-refractivity contribution < 1.29 is 40.6 Å². The number of fused-ring (bicyclic) bond motifs is 4. The Morgan fingerprint density at radius 1 is 0.966 bits per heavy atom. The first-order valence-electron chi connectivity index (χ1n) is 9.72. The zero-order valence-electron chi connectivity index (χ0n) is 16.3. The molecule has 0 unspecified atom stereocenters. The van der Waals surface area contributed by atoms with Crippen LogP contribution in [0.25, 0.3) is 0 Å². The van der Waals surface area contributed by atoms with Gasteiger partial charge in [-0.3, -0.25) is 0 Å². The van der Waals surface area contributed by atoms with E-state index in [0.717, 1.165) is 12.1 Å². The lowest BCUT2D eigenvalue weighted by Crippen LogP contribution is -2.59. The van der Waals surface area contributed by atoms with E-state index < -0.39 is 41.5 Å². The van der Waals surface area contributed by atoms with Crippen LogP contribution in [0.1, 0.15) is 57.9 Å². The molecule has 3 fully saturated rings. The van der Waals surface area contributed by atoms with E-state index in [9.17, 15) is 26.3 Å². The molecule has 9 heteroatoms. The second-order valence-electron chi connectivity index (χ2n) is 7.69. The van der Waals surface area contributed by atoms with Crippen molar-refractivity contribution in [2.24, 2.45) is 0 Å². The highest BCUT2D eigenvalue weighted by Gasteiger charge is 2.76. The predicted molar refractivity (Wildman–Crippen MR) is 92.1 cm³/mol. The van der Waals surface area contributed by atoms with Crippen molar-refractivity contribution in [2.45, 2.75) is 82.2 Å². The average Bonchev–Trinajstić information content (AvgIpc) is 2.76. The summed E-state index contributed by atoms with van der Waals surface area (Å²) < 4.78 is 102. The van der Waals surface area contributed by atoms with Crippen LogP contribution in [-0.4, -0.2) is 29.8 Å². The molecule has 2 aliphatic heterocycles. The highest BCUT2D eigenvalue weighted by atomic mass is 19.3. The fraction of sp³-hybridized carbons (Fsp3) is 0.700. The van der Waals surface area contributed by atoms with Crippen LogP contribution < -0.4 is 4.74 Å². The molecule has 2 heterocycles. The van der Waals surface area contributed by atoms with Gasteiger partial charge in [0.25, 0.3) is 0 Å². The van der Waals surface area contributed by atoms with Gasteiger partial charge < -0.3 is 14.2 Å². The van der Waals surface area contributed by atoms with E-state index >= 15 is 0 Å². The minimum Gasteiger partial charge on any atom is -0.491 e. The summed E-state index contributed by atoms with van der Waals surface area (Å²) in [5.74, 6) is -7.54. The molecular formula is C20H24F6O3. The summed E-state index contributed by atoms with van der Waals surface area (Å²) in [6.07, 6.45) is -4.76. The molecule has 3 nitrogen and oxygen atoms in total. The third-order valence-corrected chi connectivity index (χ3v) is 5.89. The molecule has 29 heavy (non-hydrogen) atoms. The van der Waals surface area contributed by atoms with Crippen molar-refractivity contribution in [3.05, 3.63) is 29.3 Å². The molecule has 0 radical (unpaired) electrons. The molecule has 1 aromatic rings. The van der Waals surface area contributed by atoms with E-state index in [1.54, 1.807) is 13.8 Å². The SMILES string of the molecule is CCCC12CCC(OCc3ccc(OCC)c(F)c3F)(CC1)C(F)(F)C(F)(F)O2.